The Hall–Kier alpha value is -3.93. The SMILES string of the molecule is CC(C)C[C@@H](C(=O)O)N(NCCCCCCCCCCCn1c(=O)c2c(ncn2C)n(C)c1=O)C(=O)OCc1ccccc1. The number of fused-ring (bicyclic) bond motifs is 1. The third-order valence-electron chi connectivity index (χ3n) is 7.73. The van der Waals surface area contributed by atoms with E-state index in [4.69, 9.17) is 4.74 Å². The average molecular weight is 613 g/mol. The summed E-state index contributed by atoms with van der Waals surface area (Å²) in [5, 5.41) is 11.0. The molecule has 2 aromatic heterocycles. The molecule has 3 aromatic rings. The minimum atomic E-state index is -1.06. The van der Waals surface area contributed by atoms with E-state index in [1.165, 1.54) is 9.13 Å². The van der Waals surface area contributed by atoms with Crippen LogP contribution in [0.2, 0.25) is 0 Å². The fraction of sp³-hybridized carbons (Fsp3) is 0.594. The van der Waals surface area contributed by atoms with Crippen LogP contribution >= 0.6 is 0 Å². The summed E-state index contributed by atoms with van der Waals surface area (Å²) in [5.74, 6) is -0.972. The Morgan fingerprint density at radius 3 is 2.18 bits per heavy atom. The van der Waals surface area contributed by atoms with Gasteiger partial charge in [-0.2, -0.15) is 0 Å². The van der Waals surface area contributed by atoms with Gasteiger partial charge in [-0.3, -0.25) is 13.9 Å². The molecule has 0 aliphatic rings. The number of imidazole rings is 1. The number of hydrogen-bond acceptors (Lipinski definition) is 7. The molecular formula is C32H48N6O6. The Morgan fingerprint density at radius 2 is 1.57 bits per heavy atom. The smallest absolute Gasteiger partial charge is 0.425 e. The maximum atomic E-state index is 12.9. The molecule has 1 amide bonds. The number of hydrazine groups is 1. The van der Waals surface area contributed by atoms with Crippen molar-refractivity contribution in [2.75, 3.05) is 6.54 Å². The molecular weight excluding hydrogens is 564 g/mol. The molecule has 0 unspecified atom stereocenters. The second-order valence-corrected chi connectivity index (χ2v) is 11.8. The highest BCUT2D eigenvalue weighted by molar-refractivity contribution is 5.79. The lowest BCUT2D eigenvalue weighted by Gasteiger charge is -2.29. The van der Waals surface area contributed by atoms with Gasteiger partial charge in [-0.15, -0.1) is 0 Å². The standard InChI is InChI=1S/C32H48N6O6/c1-24(2)21-26(30(40)41)38(32(43)44-22-25-17-13-12-14-18-25)34-19-15-10-8-6-5-7-9-11-16-20-37-29(39)27-28(33-23-35(27)3)36(4)31(37)42/h12-14,17-18,23-24,26,34H,5-11,15-16,19-22H2,1-4H3,(H,40,41)/t26-/m0/s1. The number of amides is 1. The van der Waals surface area contributed by atoms with E-state index in [0.717, 1.165) is 68.4 Å². The molecule has 2 heterocycles. The third kappa shape index (κ3) is 9.80. The van der Waals surface area contributed by atoms with Crippen molar-refractivity contribution in [3.63, 3.8) is 0 Å². The largest absolute Gasteiger partial charge is 0.480 e. The number of carbonyl (C=O) groups excluding carboxylic acids is 1. The molecule has 1 aromatic carbocycles. The molecule has 0 radical (unpaired) electrons. The second kappa shape index (κ2) is 17.4. The van der Waals surface area contributed by atoms with Crippen molar-refractivity contribution in [1.82, 2.24) is 29.1 Å². The lowest BCUT2D eigenvalue weighted by Crippen LogP contribution is -2.53. The van der Waals surface area contributed by atoms with E-state index in [9.17, 15) is 24.3 Å². The van der Waals surface area contributed by atoms with E-state index in [2.05, 4.69) is 10.4 Å². The van der Waals surface area contributed by atoms with Crippen LogP contribution in [0.3, 0.4) is 0 Å². The summed E-state index contributed by atoms with van der Waals surface area (Å²) in [5.41, 5.74) is 4.09. The molecule has 242 valence electrons. The van der Waals surface area contributed by atoms with Crippen molar-refractivity contribution in [3.8, 4) is 0 Å². The monoisotopic (exact) mass is 612 g/mol. The van der Waals surface area contributed by atoms with E-state index in [1.54, 1.807) is 25.0 Å². The van der Waals surface area contributed by atoms with Gasteiger partial charge in [0.05, 0.1) is 6.33 Å². The molecule has 0 bridgehead atoms. The molecule has 1 atom stereocenters. The van der Waals surface area contributed by atoms with Gasteiger partial charge in [0.25, 0.3) is 5.56 Å². The number of carboxylic acid groups (broad SMARTS) is 1. The van der Waals surface area contributed by atoms with Gasteiger partial charge in [-0.1, -0.05) is 89.1 Å². The normalized spacial score (nSPS) is 12.1. The van der Waals surface area contributed by atoms with Crippen LogP contribution in [0.1, 0.15) is 83.6 Å². The van der Waals surface area contributed by atoms with Crippen molar-refractivity contribution in [3.05, 3.63) is 63.1 Å². The Morgan fingerprint density at radius 1 is 0.955 bits per heavy atom. The van der Waals surface area contributed by atoms with E-state index < -0.39 is 18.1 Å². The molecule has 0 aliphatic heterocycles. The van der Waals surface area contributed by atoms with Crippen molar-refractivity contribution < 1.29 is 19.4 Å². The summed E-state index contributed by atoms with van der Waals surface area (Å²) in [4.78, 5) is 54.4. The number of ether oxygens (including phenoxy) is 1. The lowest BCUT2D eigenvalue weighted by molar-refractivity contribution is -0.144. The van der Waals surface area contributed by atoms with Gasteiger partial charge in [0.1, 0.15) is 12.6 Å². The second-order valence-electron chi connectivity index (χ2n) is 11.8. The Bertz CT molecular complexity index is 1460. The van der Waals surface area contributed by atoms with E-state index in [1.807, 2.05) is 44.2 Å². The topological polar surface area (TPSA) is 141 Å². The molecule has 0 saturated heterocycles. The minimum Gasteiger partial charge on any atom is -0.480 e. The first-order valence-corrected chi connectivity index (χ1v) is 15.7. The van der Waals surface area contributed by atoms with Gasteiger partial charge in [-0.25, -0.2) is 29.8 Å². The van der Waals surface area contributed by atoms with E-state index in [-0.39, 0.29) is 23.8 Å². The maximum absolute atomic E-state index is 12.9. The summed E-state index contributed by atoms with van der Waals surface area (Å²) in [6.45, 7) is 4.80. The van der Waals surface area contributed by atoms with Crippen LogP contribution in [0.25, 0.3) is 11.2 Å². The summed E-state index contributed by atoms with van der Waals surface area (Å²) in [6, 6.07) is 8.28. The molecule has 12 nitrogen and oxygen atoms in total. The zero-order chi connectivity index (χ0) is 32.1. The number of hydrogen-bond donors (Lipinski definition) is 2. The van der Waals surface area contributed by atoms with E-state index in [0.29, 0.717) is 30.7 Å². The summed E-state index contributed by atoms with van der Waals surface area (Å²) < 4.78 is 9.83. The van der Waals surface area contributed by atoms with Crippen LogP contribution < -0.4 is 16.7 Å². The maximum Gasteiger partial charge on any atom is 0.425 e. The Labute approximate surface area is 258 Å². The van der Waals surface area contributed by atoms with Crippen LogP contribution in [0.5, 0.6) is 0 Å². The summed E-state index contributed by atoms with van der Waals surface area (Å²) >= 11 is 0. The minimum absolute atomic E-state index is 0.0733. The van der Waals surface area contributed by atoms with Crippen LogP contribution in [-0.4, -0.2) is 53.4 Å². The summed E-state index contributed by atoms with van der Waals surface area (Å²) in [7, 11) is 3.39. The van der Waals surface area contributed by atoms with Gasteiger partial charge < -0.3 is 14.4 Å². The number of rotatable bonds is 19. The molecule has 2 N–H and O–H groups in total. The van der Waals surface area contributed by atoms with Crippen molar-refractivity contribution >= 4 is 23.2 Å². The molecule has 0 aliphatic carbocycles. The van der Waals surface area contributed by atoms with Gasteiger partial charge in [0.15, 0.2) is 11.2 Å². The molecule has 3 rings (SSSR count). The van der Waals surface area contributed by atoms with Crippen molar-refractivity contribution in [1.29, 1.82) is 0 Å². The molecule has 44 heavy (non-hydrogen) atoms. The highest BCUT2D eigenvalue weighted by Crippen LogP contribution is 2.14. The third-order valence-corrected chi connectivity index (χ3v) is 7.73. The fourth-order valence-corrected chi connectivity index (χ4v) is 5.28. The first-order chi connectivity index (χ1) is 21.1. The highest BCUT2D eigenvalue weighted by atomic mass is 16.6. The molecule has 0 fully saturated rings. The number of aryl methyl sites for hydroxylation is 2. The highest BCUT2D eigenvalue weighted by Gasteiger charge is 2.31. The fourth-order valence-electron chi connectivity index (χ4n) is 5.28. The average Bonchev–Trinajstić information content (AvgIpc) is 3.39. The van der Waals surface area contributed by atoms with Gasteiger partial charge in [0.2, 0.25) is 0 Å². The molecule has 0 saturated carbocycles. The van der Waals surface area contributed by atoms with Gasteiger partial charge in [0, 0.05) is 27.2 Å². The number of nitrogens with zero attached hydrogens (tertiary/aromatic N) is 5. The van der Waals surface area contributed by atoms with Crippen molar-refractivity contribution in [2.24, 2.45) is 20.0 Å². The summed E-state index contributed by atoms with van der Waals surface area (Å²) in [6.07, 6.45) is 10.0. The number of carboxylic acids is 1. The quantitative estimate of drug-likeness (QED) is 0.148. The van der Waals surface area contributed by atoms with Crippen molar-refractivity contribution in [2.45, 2.75) is 97.2 Å². The van der Waals surface area contributed by atoms with Crippen LogP contribution in [-0.2, 0) is 36.8 Å². The number of aromatic nitrogens is 4. The zero-order valence-corrected chi connectivity index (χ0v) is 26.5. The number of benzene rings is 1. The number of unbranched alkanes of at least 4 members (excludes halogenated alkanes) is 8. The first-order valence-electron chi connectivity index (χ1n) is 15.7. The number of aliphatic carboxylic acids is 1. The van der Waals surface area contributed by atoms with E-state index >= 15 is 0 Å². The van der Waals surface area contributed by atoms with Crippen LogP contribution in [0, 0.1) is 5.92 Å². The molecule has 0 spiro atoms. The van der Waals surface area contributed by atoms with Crippen LogP contribution in [0.4, 0.5) is 4.79 Å². The number of nitrogens with one attached hydrogen (secondary N) is 1. The van der Waals surface area contributed by atoms with Crippen LogP contribution in [0.15, 0.2) is 46.2 Å². The first kappa shape index (κ1) is 34.6. The molecule has 12 heteroatoms. The number of carbonyl (C=O) groups is 2. The predicted octanol–water partition coefficient (Wildman–Crippen LogP) is 4.59. The Balaban J connectivity index is 1.33. The lowest BCUT2D eigenvalue weighted by atomic mass is 10.0. The van der Waals surface area contributed by atoms with Gasteiger partial charge >= 0.3 is 17.8 Å². The predicted molar refractivity (Wildman–Crippen MR) is 169 cm³/mol. The zero-order valence-electron chi connectivity index (χ0n) is 26.5. The van der Waals surface area contributed by atoms with Gasteiger partial charge in [-0.05, 0) is 30.7 Å². The Kier molecular flexibility index (Phi) is 13.7.